The maximum absolute atomic E-state index is 13.3. The highest BCUT2D eigenvalue weighted by Crippen LogP contribution is 2.24. The fraction of sp³-hybridized carbons (Fsp3) is 0.500. The minimum absolute atomic E-state index is 0.131. The van der Waals surface area contributed by atoms with Crippen LogP contribution < -0.4 is 5.32 Å². The molecule has 16 heavy (non-hydrogen) atoms. The molecule has 1 saturated carbocycles. The van der Waals surface area contributed by atoms with Crippen LogP contribution >= 0.6 is 0 Å². The molecule has 0 aliphatic heterocycles. The van der Waals surface area contributed by atoms with Crippen LogP contribution in [0, 0.1) is 11.6 Å². The molecular formula is C12H15F2NO. The number of aliphatic hydroxyl groups is 1. The van der Waals surface area contributed by atoms with Crippen molar-refractivity contribution in [2.75, 3.05) is 5.32 Å². The van der Waals surface area contributed by atoms with E-state index in [9.17, 15) is 13.9 Å². The molecule has 0 aromatic heterocycles. The number of hydrogen-bond donors (Lipinski definition) is 2. The van der Waals surface area contributed by atoms with Crippen molar-refractivity contribution in [1.29, 1.82) is 0 Å². The molecule has 2 nitrogen and oxygen atoms in total. The summed E-state index contributed by atoms with van der Waals surface area (Å²) in [5, 5.41) is 12.6. The van der Waals surface area contributed by atoms with Gasteiger partial charge >= 0.3 is 0 Å². The molecule has 0 saturated heterocycles. The molecule has 2 rings (SSSR count). The number of nitrogens with one attached hydrogen (secondary N) is 1. The van der Waals surface area contributed by atoms with Gasteiger partial charge in [-0.15, -0.1) is 0 Å². The van der Waals surface area contributed by atoms with Gasteiger partial charge in [0, 0.05) is 0 Å². The van der Waals surface area contributed by atoms with Crippen LogP contribution in [0.5, 0.6) is 0 Å². The van der Waals surface area contributed by atoms with Crippen LogP contribution in [0.3, 0.4) is 0 Å². The van der Waals surface area contributed by atoms with Crippen LogP contribution in [-0.2, 0) is 0 Å². The standard InChI is InChI=1S/C12H15F2NO/c13-8-5-6-9(14)11(7-8)15-10-3-1-2-4-12(10)16/h5-7,10,12,15-16H,1-4H2/t10-,12-/m1/s1. The van der Waals surface area contributed by atoms with E-state index in [1.165, 1.54) is 0 Å². The topological polar surface area (TPSA) is 32.3 Å². The first-order chi connectivity index (χ1) is 7.66. The van der Waals surface area contributed by atoms with E-state index in [1.54, 1.807) is 0 Å². The summed E-state index contributed by atoms with van der Waals surface area (Å²) in [5.41, 5.74) is 0.131. The Morgan fingerprint density at radius 1 is 1.19 bits per heavy atom. The van der Waals surface area contributed by atoms with Crippen LogP contribution in [-0.4, -0.2) is 17.3 Å². The molecule has 2 atom stereocenters. The Morgan fingerprint density at radius 2 is 1.94 bits per heavy atom. The molecule has 0 heterocycles. The van der Waals surface area contributed by atoms with Crippen molar-refractivity contribution >= 4 is 5.69 Å². The summed E-state index contributed by atoms with van der Waals surface area (Å²) in [6.07, 6.45) is 3.03. The van der Waals surface area contributed by atoms with Crippen molar-refractivity contribution in [2.24, 2.45) is 0 Å². The number of halogens is 2. The van der Waals surface area contributed by atoms with Gasteiger partial charge < -0.3 is 10.4 Å². The van der Waals surface area contributed by atoms with Crippen LogP contribution in [0.1, 0.15) is 25.7 Å². The normalized spacial score (nSPS) is 25.4. The molecule has 88 valence electrons. The lowest BCUT2D eigenvalue weighted by atomic mass is 9.92. The molecule has 1 aliphatic carbocycles. The van der Waals surface area contributed by atoms with Crippen molar-refractivity contribution in [1.82, 2.24) is 0 Å². The van der Waals surface area contributed by atoms with Gasteiger partial charge in [0.2, 0.25) is 0 Å². The van der Waals surface area contributed by atoms with E-state index < -0.39 is 17.7 Å². The summed E-state index contributed by atoms with van der Waals surface area (Å²) in [7, 11) is 0. The molecule has 0 spiro atoms. The number of hydrogen-bond acceptors (Lipinski definition) is 2. The minimum Gasteiger partial charge on any atom is -0.391 e. The molecule has 0 radical (unpaired) electrons. The summed E-state index contributed by atoms with van der Waals surface area (Å²) in [6.45, 7) is 0. The lowest BCUT2D eigenvalue weighted by molar-refractivity contribution is 0.116. The molecule has 1 fully saturated rings. The van der Waals surface area contributed by atoms with E-state index in [-0.39, 0.29) is 11.7 Å². The first-order valence-electron chi connectivity index (χ1n) is 5.56. The van der Waals surface area contributed by atoms with Gasteiger partial charge in [0.15, 0.2) is 0 Å². The highest BCUT2D eigenvalue weighted by Gasteiger charge is 2.23. The first kappa shape index (κ1) is 11.3. The maximum atomic E-state index is 13.3. The fourth-order valence-corrected chi connectivity index (χ4v) is 2.09. The lowest BCUT2D eigenvalue weighted by Crippen LogP contribution is -2.36. The van der Waals surface area contributed by atoms with Crippen molar-refractivity contribution in [3.8, 4) is 0 Å². The molecule has 1 aromatic carbocycles. The highest BCUT2D eigenvalue weighted by atomic mass is 19.1. The first-order valence-corrected chi connectivity index (χ1v) is 5.56. The van der Waals surface area contributed by atoms with E-state index in [4.69, 9.17) is 0 Å². The Morgan fingerprint density at radius 3 is 2.69 bits per heavy atom. The van der Waals surface area contributed by atoms with Crippen LogP contribution in [0.2, 0.25) is 0 Å². The molecule has 0 amide bonds. The Kier molecular flexibility index (Phi) is 3.39. The van der Waals surface area contributed by atoms with E-state index in [2.05, 4.69) is 5.32 Å². The third-order valence-electron chi connectivity index (χ3n) is 3.00. The van der Waals surface area contributed by atoms with Gasteiger partial charge in [-0.25, -0.2) is 8.78 Å². The second kappa shape index (κ2) is 4.78. The smallest absolute Gasteiger partial charge is 0.146 e. The van der Waals surface area contributed by atoms with Gasteiger partial charge in [-0.2, -0.15) is 0 Å². The quantitative estimate of drug-likeness (QED) is 0.814. The second-order valence-electron chi connectivity index (χ2n) is 4.23. The van der Waals surface area contributed by atoms with Gasteiger partial charge in [0.1, 0.15) is 11.6 Å². The molecule has 1 aliphatic rings. The van der Waals surface area contributed by atoms with Crippen molar-refractivity contribution in [3.05, 3.63) is 29.8 Å². The SMILES string of the molecule is O[C@@H]1CCCC[C@H]1Nc1cc(F)ccc1F. The molecule has 0 unspecified atom stereocenters. The number of aliphatic hydroxyl groups excluding tert-OH is 1. The molecule has 4 heteroatoms. The summed E-state index contributed by atoms with van der Waals surface area (Å²) < 4.78 is 26.3. The maximum Gasteiger partial charge on any atom is 0.146 e. The van der Waals surface area contributed by atoms with E-state index in [0.717, 1.165) is 37.5 Å². The lowest BCUT2D eigenvalue weighted by Gasteiger charge is -2.29. The molecule has 0 bridgehead atoms. The average Bonchev–Trinajstić information content (AvgIpc) is 2.27. The third kappa shape index (κ3) is 2.50. The van der Waals surface area contributed by atoms with Crippen molar-refractivity contribution < 1.29 is 13.9 Å². The average molecular weight is 227 g/mol. The van der Waals surface area contributed by atoms with Crippen LogP contribution in [0.4, 0.5) is 14.5 Å². The summed E-state index contributed by atoms with van der Waals surface area (Å²) in [4.78, 5) is 0. The van der Waals surface area contributed by atoms with Gasteiger partial charge in [-0.05, 0) is 31.0 Å². The van der Waals surface area contributed by atoms with Gasteiger partial charge in [0.25, 0.3) is 0 Å². The summed E-state index contributed by atoms with van der Waals surface area (Å²) in [5.74, 6) is -0.964. The van der Waals surface area contributed by atoms with Gasteiger partial charge in [-0.3, -0.25) is 0 Å². The number of anilines is 1. The largest absolute Gasteiger partial charge is 0.391 e. The van der Waals surface area contributed by atoms with Crippen LogP contribution in [0.15, 0.2) is 18.2 Å². The Hall–Kier alpha value is -1.16. The molecule has 1 aromatic rings. The molecular weight excluding hydrogens is 212 g/mol. The second-order valence-corrected chi connectivity index (χ2v) is 4.23. The van der Waals surface area contributed by atoms with Crippen molar-refractivity contribution in [3.63, 3.8) is 0 Å². The zero-order chi connectivity index (χ0) is 11.5. The van der Waals surface area contributed by atoms with Gasteiger partial charge in [0.05, 0.1) is 17.8 Å². The summed E-state index contributed by atoms with van der Waals surface area (Å²) in [6, 6.07) is 3.12. The summed E-state index contributed by atoms with van der Waals surface area (Å²) >= 11 is 0. The van der Waals surface area contributed by atoms with E-state index in [0.29, 0.717) is 6.42 Å². The van der Waals surface area contributed by atoms with E-state index in [1.807, 2.05) is 0 Å². The Labute approximate surface area is 93.3 Å². The number of benzene rings is 1. The Balaban J connectivity index is 2.10. The fourth-order valence-electron chi connectivity index (χ4n) is 2.09. The highest BCUT2D eigenvalue weighted by molar-refractivity contribution is 5.46. The molecule has 2 N–H and O–H groups in total. The minimum atomic E-state index is -0.487. The monoisotopic (exact) mass is 227 g/mol. The van der Waals surface area contributed by atoms with Crippen molar-refractivity contribution in [2.45, 2.75) is 37.8 Å². The van der Waals surface area contributed by atoms with E-state index >= 15 is 0 Å². The zero-order valence-corrected chi connectivity index (χ0v) is 8.92. The number of rotatable bonds is 2. The predicted octanol–water partition coefficient (Wildman–Crippen LogP) is 2.68. The predicted molar refractivity (Wildman–Crippen MR) is 58.2 cm³/mol. The zero-order valence-electron chi connectivity index (χ0n) is 8.92. The Bertz CT molecular complexity index is 370. The third-order valence-corrected chi connectivity index (χ3v) is 3.00. The van der Waals surface area contributed by atoms with Gasteiger partial charge in [-0.1, -0.05) is 12.8 Å². The van der Waals surface area contributed by atoms with Crippen LogP contribution in [0.25, 0.3) is 0 Å².